The summed E-state index contributed by atoms with van der Waals surface area (Å²) in [6.45, 7) is 111. The molecule has 12 heterocycles. The van der Waals surface area contributed by atoms with Gasteiger partial charge in [0.1, 0.15) is 20.0 Å². The molecule has 0 amide bonds. The second kappa shape index (κ2) is 331. The van der Waals surface area contributed by atoms with E-state index in [0.29, 0.717) is 6.79 Å². The lowest BCUT2D eigenvalue weighted by molar-refractivity contribution is -0.0963. The first-order valence-corrected chi connectivity index (χ1v) is 50.5. The summed E-state index contributed by atoms with van der Waals surface area (Å²) in [5, 5.41) is 9.38. The normalized spacial score (nSPS) is 13.1. The molecular formula is C90H220N14O5S4. The van der Waals surface area contributed by atoms with Crippen LogP contribution in [0.25, 0.3) is 0 Å². The highest BCUT2D eigenvalue weighted by Crippen LogP contribution is 2.09. The third kappa shape index (κ3) is 325. The monoisotopic (exact) mass is 1710 g/mol. The zero-order chi connectivity index (χ0) is 94.0. The standard InChI is InChI=1S/C4H8N2.C4H7NO.2C4H7NS.C4H7N.C4H8O2.2C3H6N2.2C3H5NO.2C3H5NS.24C2H6/c3*1-2-5-4-6-3-1;1-2-4-6-5-3-1;1-2-4-5-3-1;1-2-5-4-6-3-1;1-2-5-3-4-1;1-2-4-5-3-1;1-2-5-3-4-1;1-2-4-5-3-1;1-2-5-3-4-1;1-2-4-5-3-1;24*1-2/h4H,1-3H2,(H,5,6);2*4H,1-3H2;3H,1-2,4H2;3H,1-2,4H2;1-4H2;3H,1-2H2,(H,4,5);1-2,4-5H,3H2;3H,1-2H2;2H,1,3H2;3H,1-2H2;2H,1,3H2;24*1-2H3. The largest absolute Gasteiger partial charge is 0.483 e. The number of hydrazine groups is 1. The van der Waals surface area contributed by atoms with E-state index in [1.54, 1.807) is 66.3 Å². The molecule has 0 aromatic carbocycles. The van der Waals surface area contributed by atoms with Crippen LogP contribution in [0.15, 0.2) is 61.2 Å². The number of aliphatic imine (C=N–C) groups is 7. The summed E-state index contributed by atoms with van der Waals surface area (Å²) >= 11 is 6.89. The van der Waals surface area contributed by atoms with Gasteiger partial charge in [-0.25, -0.2) is 14.2 Å². The first kappa shape index (κ1) is 176. The first-order chi connectivity index (χ1) is 56.5. The van der Waals surface area contributed by atoms with Gasteiger partial charge >= 0.3 is 0 Å². The van der Waals surface area contributed by atoms with Crippen molar-refractivity contribution >= 4 is 109 Å². The molecule has 12 aliphatic rings. The maximum Gasteiger partial charge on any atom is 0.169 e. The van der Waals surface area contributed by atoms with Gasteiger partial charge in [-0.05, 0) is 81.5 Å². The Morgan fingerprint density at radius 2 is 0.708 bits per heavy atom. The fourth-order valence-corrected chi connectivity index (χ4v) is 6.50. The fourth-order valence-electron chi connectivity index (χ4n) is 4.23. The zero-order valence-corrected chi connectivity index (χ0v) is 89.6. The minimum atomic E-state index is 0.500. The van der Waals surface area contributed by atoms with Crippen LogP contribution in [0.2, 0.25) is 0 Å². The van der Waals surface area contributed by atoms with Crippen LogP contribution in [0.3, 0.4) is 0 Å². The Balaban J connectivity index is -0.0000000332. The molecule has 0 unspecified atom stereocenters. The first-order valence-electron chi connectivity index (χ1n) is 46.5. The number of nitrogens with one attached hydrogen (secondary N) is 4. The van der Waals surface area contributed by atoms with Gasteiger partial charge in [0.2, 0.25) is 0 Å². The zero-order valence-electron chi connectivity index (χ0n) is 86.3. The third-order valence-corrected chi connectivity index (χ3v) is 10.5. The van der Waals surface area contributed by atoms with Crippen molar-refractivity contribution in [1.82, 2.24) is 21.5 Å². The maximum atomic E-state index is 4.85. The third-order valence-electron chi connectivity index (χ3n) is 7.44. The van der Waals surface area contributed by atoms with Crippen LogP contribution in [0.4, 0.5) is 0 Å². The molecule has 0 radical (unpaired) electrons. The van der Waals surface area contributed by atoms with Crippen LogP contribution < -0.4 is 21.5 Å². The minimum Gasteiger partial charge on any atom is -0.483 e. The summed E-state index contributed by atoms with van der Waals surface area (Å²) < 4.78 is 27.0. The topological polar surface area (TPSA) is 218 Å². The van der Waals surface area contributed by atoms with Crippen LogP contribution in [0.5, 0.6) is 0 Å². The van der Waals surface area contributed by atoms with Gasteiger partial charge in [0.05, 0.1) is 56.7 Å². The van der Waals surface area contributed by atoms with Gasteiger partial charge in [0.25, 0.3) is 0 Å². The Hall–Kier alpha value is -3.48. The molecule has 704 valence electrons. The molecule has 12 aliphatic heterocycles. The Morgan fingerprint density at radius 3 is 0.814 bits per heavy atom. The Labute approximate surface area is 735 Å². The average Bonchev–Trinajstić information content (AvgIpc) is 2.65. The van der Waals surface area contributed by atoms with Crippen molar-refractivity contribution in [3.63, 3.8) is 0 Å². The maximum absolute atomic E-state index is 4.85. The molecule has 23 heteroatoms. The Bertz CT molecular complexity index is 1050. The second-order valence-corrected chi connectivity index (χ2v) is 16.8. The molecule has 12 rings (SSSR count). The predicted molar refractivity (Wildman–Crippen MR) is 558 cm³/mol. The number of thioether (sulfide) groups is 2. The van der Waals surface area contributed by atoms with Gasteiger partial charge < -0.3 is 39.8 Å². The number of hydrogen-bond acceptors (Lipinski definition) is 23. The summed E-state index contributed by atoms with van der Waals surface area (Å²) in [5.74, 6) is 4.88. The minimum absolute atomic E-state index is 0.500. The smallest absolute Gasteiger partial charge is 0.169 e. The van der Waals surface area contributed by atoms with Crippen molar-refractivity contribution in [2.24, 2.45) is 48.9 Å². The van der Waals surface area contributed by atoms with Gasteiger partial charge in [-0.3, -0.25) is 34.9 Å². The number of ether oxygens (including phenoxy) is 4. The lowest BCUT2D eigenvalue weighted by Gasteiger charge is -2.09. The quantitative estimate of drug-likeness (QED) is 0.166. The molecule has 19 nitrogen and oxygen atoms in total. The highest BCUT2D eigenvalue weighted by atomic mass is 32.2. The molecular weight excluding hydrogens is 1490 g/mol. The summed E-state index contributed by atoms with van der Waals surface area (Å²) in [4.78, 5) is 31.8. The number of nitrogens with zero attached hydrogens (tertiary/aromatic N) is 10. The van der Waals surface area contributed by atoms with Crippen LogP contribution in [-0.2, 0) is 23.8 Å². The van der Waals surface area contributed by atoms with Gasteiger partial charge in [-0.2, -0.15) is 0 Å². The molecule has 0 aliphatic carbocycles. The van der Waals surface area contributed by atoms with Crippen LogP contribution in [0, 0.1) is 0 Å². The highest BCUT2D eigenvalue weighted by Gasteiger charge is 1.95. The van der Waals surface area contributed by atoms with Crippen molar-refractivity contribution < 1.29 is 23.8 Å². The molecule has 0 atom stereocenters. The Kier molecular flexibility index (Phi) is 517. The molecule has 113 heavy (non-hydrogen) atoms. The molecule has 1 fully saturated rings. The van der Waals surface area contributed by atoms with Crippen LogP contribution in [-0.4, -0.2) is 190 Å². The second-order valence-electron chi connectivity index (χ2n) is 13.1. The SMILES string of the molecule is C1=CNNC1.C1=NCCC1.C1=NCCCN1.C1=NCCCO1.C1=NCCCS1.C1=NCCN1.C1=NCCO1.C1=NCCS1.C1=NOCC1.C1=NSCC1.C1=NSCCC1.C1COCOC1.CC.CC.CC.CC.CC.CC.CC.CC.CC.CC.CC.CC.CC.CC.CC.CC.CC.CC.CC.CC.CC.CC.CC.CC. The van der Waals surface area contributed by atoms with Crippen molar-refractivity contribution in [2.45, 2.75) is 397 Å². The van der Waals surface area contributed by atoms with Gasteiger partial charge in [-0.15, -0.1) is 23.5 Å². The van der Waals surface area contributed by atoms with E-state index in [-0.39, 0.29) is 0 Å². The summed E-state index contributed by atoms with van der Waals surface area (Å²) in [7, 11) is 0. The molecule has 0 spiro atoms. The fraction of sp³-hybridized carbons (Fsp3) is 0.867. The van der Waals surface area contributed by atoms with Crippen LogP contribution in [0.1, 0.15) is 397 Å². The average molecular weight is 1710 g/mol. The molecule has 1 saturated heterocycles. The molecule has 4 N–H and O–H groups in total. The predicted octanol–water partition coefficient (Wildman–Crippen LogP) is 30.5. The van der Waals surface area contributed by atoms with E-state index < -0.39 is 0 Å². The Morgan fingerprint density at radius 1 is 0.292 bits per heavy atom. The van der Waals surface area contributed by atoms with E-state index in [0.717, 1.165) is 118 Å². The summed E-state index contributed by atoms with van der Waals surface area (Å²) in [6.07, 6.45) is 29.8. The van der Waals surface area contributed by atoms with Gasteiger partial charge in [0.15, 0.2) is 12.8 Å². The lowest BCUT2D eigenvalue weighted by Crippen LogP contribution is -2.19. The number of hydrogen-bond donors (Lipinski definition) is 4. The molecule has 0 aromatic rings. The number of rotatable bonds is 0. The van der Waals surface area contributed by atoms with Gasteiger partial charge in [0, 0.05) is 113 Å². The lowest BCUT2D eigenvalue weighted by atomic mass is 10.4. The molecule has 0 bridgehead atoms. The summed E-state index contributed by atoms with van der Waals surface area (Å²) in [6, 6.07) is 0. The van der Waals surface area contributed by atoms with E-state index in [2.05, 4.69) is 80.0 Å². The van der Waals surface area contributed by atoms with Gasteiger partial charge in [-0.1, -0.05) is 344 Å². The molecule has 0 aromatic heterocycles. The van der Waals surface area contributed by atoms with Crippen molar-refractivity contribution in [3.05, 3.63) is 12.3 Å². The number of oxime groups is 1. The van der Waals surface area contributed by atoms with E-state index in [4.69, 9.17) is 14.2 Å². The van der Waals surface area contributed by atoms with Crippen molar-refractivity contribution in [1.29, 1.82) is 0 Å². The summed E-state index contributed by atoms with van der Waals surface area (Å²) in [5.41, 5.74) is 9.49. The van der Waals surface area contributed by atoms with Crippen molar-refractivity contribution in [2.75, 3.05) is 128 Å². The van der Waals surface area contributed by atoms with E-state index in [1.165, 1.54) is 80.8 Å². The van der Waals surface area contributed by atoms with E-state index in [1.807, 2.05) is 374 Å². The van der Waals surface area contributed by atoms with E-state index >= 15 is 0 Å². The van der Waals surface area contributed by atoms with E-state index in [9.17, 15) is 0 Å². The van der Waals surface area contributed by atoms with Crippen molar-refractivity contribution in [3.8, 4) is 0 Å². The van der Waals surface area contributed by atoms with Crippen LogP contribution >= 0.6 is 47.4 Å². The molecule has 0 saturated carbocycles. The highest BCUT2D eigenvalue weighted by molar-refractivity contribution is 8.12.